The minimum atomic E-state index is -1.43. The molecule has 2 aliphatic heterocycles. The molecule has 196 valence electrons. The third-order valence-corrected chi connectivity index (χ3v) is 8.50. The molecule has 2 amide bonds. The van der Waals surface area contributed by atoms with E-state index in [0.29, 0.717) is 36.8 Å². The van der Waals surface area contributed by atoms with E-state index >= 15 is 0 Å². The second-order valence-corrected chi connectivity index (χ2v) is 11.0. The monoisotopic (exact) mass is 549 g/mol. The van der Waals surface area contributed by atoms with E-state index in [0.717, 1.165) is 15.8 Å². The van der Waals surface area contributed by atoms with Crippen LogP contribution in [0.2, 0.25) is 0 Å². The van der Waals surface area contributed by atoms with Gasteiger partial charge in [-0.3, -0.25) is 10.1 Å². The maximum atomic E-state index is 13.0. The highest BCUT2D eigenvalue weighted by atomic mass is 32.1. The predicted molar refractivity (Wildman–Crippen MR) is 149 cm³/mol. The molecule has 1 aromatic carbocycles. The fraction of sp³-hybridized carbons (Fsp3) is 0.346. The van der Waals surface area contributed by atoms with Gasteiger partial charge in [-0.15, -0.1) is 22.7 Å². The Labute approximate surface area is 227 Å². The highest BCUT2D eigenvalue weighted by Gasteiger charge is 2.57. The highest BCUT2D eigenvalue weighted by molar-refractivity contribution is 7.17. The lowest BCUT2D eigenvalue weighted by molar-refractivity contribution is -0.155. The summed E-state index contributed by atoms with van der Waals surface area (Å²) in [6.07, 6.45) is 7.27. The Morgan fingerprint density at radius 3 is 2.92 bits per heavy atom. The SMILES string of the molecule is CCNC(=O)NC1(C2CNCCC2(C)C(=O)O)N=CC=CN1c1cc(C#Cc2nccs2)c2scnc2c1. The number of amides is 2. The number of aliphatic carboxylic acids is 1. The van der Waals surface area contributed by atoms with Crippen LogP contribution < -0.4 is 20.9 Å². The van der Waals surface area contributed by atoms with E-state index < -0.39 is 29.1 Å². The van der Waals surface area contributed by atoms with E-state index in [2.05, 4.69) is 37.8 Å². The van der Waals surface area contributed by atoms with Crippen LogP contribution in [-0.2, 0) is 4.79 Å². The minimum absolute atomic E-state index is 0.340. The molecule has 0 radical (unpaired) electrons. The summed E-state index contributed by atoms with van der Waals surface area (Å²) in [6.45, 7) is 4.84. The number of fused-ring (bicyclic) bond motifs is 1. The van der Waals surface area contributed by atoms with Crippen LogP contribution in [0, 0.1) is 23.2 Å². The van der Waals surface area contributed by atoms with Crippen molar-refractivity contribution in [3.05, 3.63) is 52.1 Å². The number of nitrogens with zero attached hydrogens (tertiary/aromatic N) is 4. The second-order valence-electron chi connectivity index (χ2n) is 9.21. The summed E-state index contributed by atoms with van der Waals surface area (Å²) in [5.74, 6) is 3.36. The molecular formula is C26H27N7O3S2. The number of carbonyl (C=O) groups excluding carboxylic acids is 1. The molecule has 3 aromatic rings. The average Bonchev–Trinajstić information content (AvgIpc) is 3.60. The van der Waals surface area contributed by atoms with E-state index in [-0.39, 0.29) is 0 Å². The summed E-state index contributed by atoms with van der Waals surface area (Å²) < 4.78 is 0.930. The van der Waals surface area contributed by atoms with Crippen LogP contribution in [0.25, 0.3) is 10.2 Å². The van der Waals surface area contributed by atoms with Crippen molar-refractivity contribution >= 4 is 56.8 Å². The largest absolute Gasteiger partial charge is 0.481 e. The summed E-state index contributed by atoms with van der Waals surface area (Å²) in [6, 6.07) is 3.39. The van der Waals surface area contributed by atoms with Crippen molar-refractivity contribution in [3.63, 3.8) is 0 Å². The number of piperidine rings is 1. The molecule has 0 aliphatic carbocycles. The maximum absolute atomic E-state index is 13.0. The normalized spacial score (nSPS) is 24.6. The van der Waals surface area contributed by atoms with Crippen molar-refractivity contribution in [2.24, 2.45) is 16.3 Å². The second kappa shape index (κ2) is 10.5. The summed E-state index contributed by atoms with van der Waals surface area (Å²) >= 11 is 2.95. The van der Waals surface area contributed by atoms with Crippen molar-refractivity contribution in [2.75, 3.05) is 24.5 Å². The molecule has 10 nitrogen and oxygen atoms in total. The fourth-order valence-electron chi connectivity index (χ4n) is 4.98. The van der Waals surface area contributed by atoms with Gasteiger partial charge < -0.3 is 20.6 Å². The lowest BCUT2D eigenvalue weighted by atomic mass is 9.68. The maximum Gasteiger partial charge on any atom is 0.318 e. The Hall–Kier alpha value is -3.79. The first kappa shape index (κ1) is 25.8. The molecule has 5 rings (SSSR count). The summed E-state index contributed by atoms with van der Waals surface area (Å²) in [5.41, 5.74) is 2.78. The Morgan fingerprint density at radius 2 is 2.16 bits per heavy atom. The number of aliphatic imine (C=N–C) groups is 1. The van der Waals surface area contributed by atoms with Gasteiger partial charge in [0, 0.05) is 48.3 Å². The molecule has 3 unspecified atom stereocenters. The standard InChI is InChI=1S/C26H27N7O3S2/c1-3-28-24(36)32-26(20-15-27-9-7-25(20,2)23(34)35)31-8-4-11-33(26)18-13-17(5-6-21-29-10-12-37-21)22-19(14-18)30-16-38-22/h4,8,10-14,16,20,27H,3,7,9,15H2,1-2H3,(H,34,35)(H2,28,32,36). The van der Waals surface area contributed by atoms with Gasteiger partial charge in [0.25, 0.3) is 0 Å². The molecule has 0 spiro atoms. The van der Waals surface area contributed by atoms with Crippen LogP contribution in [0.4, 0.5) is 10.5 Å². The molecule has 0 bridgehead atoms. The number of carbonyl (C=O) groups is 2. The molecule has 12 heteroatoms. The average molecular weight is 550 g/mol. The molecule has 2 aromatic heterocycles. The third-order valence-electron chi connectivity index (χ3n) is 6.94. The van der Waals surface area contributed by atoms with E-state index in [1.54, 1.807) is 30.9 Å². The number of allylic oxidation sites excluding steroid dienone is 1. The van der Waals surface area contributed by atoms with Crippen LogP contribution in [0.1, 0.15) is 30.8 Å². The quantitative estimate of drug-likeness (QED) is 0.359. The summed E-state index contributed by atoms with van der Waals surface area (Å²) in [4.78, 5) is 41.1. The third kappa shape index (κ3) is 4.64. The Kier molecular flexibility index (Phi) is 7.16. The van der Waals surface area contributed by atoms with Gasteiger partial charge in [-0.25, -0.2) is 19.8 Å². The number of hydrogen-bond donors (Lipinski definition) is 4. The smallest absolute Gasteiger partial charge is 0.318 e. The lowest BCUT2D eigenvalue weighted by Crippen LogP contribution is -2.71. The Morgan fingerprint density at radius 1 is 1.29 bits per heavy atom. The summed E-state index contributed by atoms with van der Waals surface area (Å²) in [7, 11) is 0. The van der Waals surface area contributed by atoms with E-state index in [1.165, 1.54) is 22.7 Å². The van der Waals surface area contributed by atoms with Crippen LogP contribution >= 0.6 is 22.7 Å². The number of benzene rings is 1. The molecule has 38 heavy (non-hydrogen) atoms. The van der Waals surface area contributed by atoms with E-state index in [9.17, 15) is 14.7 Å². The van der Waals surface area contributed by atoms with Crippen LogP contribution in [-0.4, -0.2) is 58.7 Å². The van der Waals surface area contributed by atoms with E-state index in [4.69, 9.17) is 4.99 Å². The zero-order valence-corrected chi connectivity index (χ0v) is 22.5. The number of anilines is 1. The van der Waals surface area contributed by atoms with Gasteiger partial charge in [-0.2, -0.15) is 0 Å². The fourth-order valence-corrected chi connectivity index (χ4v) is 6.20. The van der Waals surface area contributed by atoms with Crippen LogP contribution in [0.5, 0.6) is 0 Å². The first-order valence-electron chi connectivity index (χ1n) is 12.2. The first-order valence-corrected chi connectivity index (χ1v) is 13.9. The molecule has 0 saturated carbocycles. The number of rotatable bonds is 5. The lowest BCUT2D eigenvalue weighted by Gasteiger charge is -2.52. The number of aromatic nitrogens is 2. The predicted octanol–water partition coefficient (Wildman–Crippen LogP) is 3.23. The van der Waals surface area contributed by atoms with Crippen molar-refractivity contribution in [2.45, 2.75) is 26.1 Å². The topological polar surface area (TPSA) is 132 Å². The van der Waals surface area contributed by atoms with Gasteiger partial charge in [0.05, 0.1) is 27.1 Å². The molecule has 4 heterocycles. The molecule has 3 atom stereocenters. The van der Waals surface area contributed by atoms with Gasteiger partial charge in [0.1, 0.15) is 0 Å². The van der Waals surface area contributed by atoms with E-state index in [1.807, 2.05) is 35.5 Å². The van der Waals surface area contributed by atoms with Gasteiger partial charge in [-0.1, -0.05) is 5.92 Å². The first-order chi connectivity index (χ1) is 18.4. The molecule has 4 N–H and O–H groups in total. The van der Waals surface area contributed by atoms with Gasteiger partial charge in [-0.05, 0) is 50.9 Å². The zero-order valence-electron chi connectivity index (χ0n) is 20.9. The van der Waals surface area contributed by atoms with Crippen molar-refractivity contribution < 1.29 is 14.7 Å². The Balaban J connectivity index is 1.68. The highest BCUT2D eigenvalue weighted by Crippen LogP contribution is 2.45. The zero-order chi connectivity index (χ0) is 26.8. The summed E-state index contributed by atoms with van der Waals surface area (Å²) in [5, 5.41) is 22.1. The number of hydrogen-bond acceptors (Lipinski definition) is 9. The number of thiazole rings is 2. The molecular weight excluding hydrogens is 522 g/mol. The number of carboxylic acid groups (broad SMARTS) is 1. The number of urea groups is 1. The van der Waals surface area contributed by atoms with Gasteiger partial charge in [0.15, 0.2) is 5.01 Å². The van der Waals surface area contributed by atoms with Crippen molar-refractivity contribution in [3.8, 4) is 11.8 Å². The van der Waals surface area contributed by atoms with Gasteiger partial charge in [0.2, 0.25) is 5.79 Å². The van der Waals surface area contributed by atoms with Crippen molar-refractivity contribution in [1.29, 1.82) is 0 Å². The number of nitrogens with one attached hydrogen (secondary N) is 3. The Bertz CT molecular complexity index is 1470. The molecule has 1 saturated heterocycles. The van der Waals surface area contributed by atoms with Crippen LogP contribution in [0.15, 0.2) is 46.5 Å². The number of carboxylic acids is 1. The van der Waals surface area contributed by atoms with Gasteiger partial charge >= 0.3 is 12.0 Å². The van der Waals surface area contributed by atoms with Crippen LogP contribution in [0.3, 0.4) is 0 Å². The van der Waals surface area contributed by atoms with Crippen molar-refractivity contribution in [1.82, 2.24) is 25.9 Å². The minimum Gasteiger partial charge on any atom is -0.481 e. The molecule has 2 aliphatic rings. The molecule has 1 fully saturated rings.